The fraction of sp³-hybridized carbons (Fsp3) is 0.357. The molecule has 2 heterocycles. The molecule has 0 aliphatic heterocycles. The lowest BCUT2D eigenvalue weighted by molar-refractivity contribution is -0.143. The predicted octanol–water partition coefficient (Wildman–Crippen LogP) is 4.50. The average Bonchev–Trinajstić information content (AvgIpc) is 3.55. The van der Waals surface area contributed by atoms with E-state index in [1.807, 2.05) is 76.2 Å². The summed E-state index contributed by atoms with van der Waals surface area (Å²) in [5.41, 5.74) is 1.64. The van der Waals surface area contributed by atoms with E-state index >= 15 is 0 Å². The minimum Gasteiger partial charge on any atom is -0.494 e. The highest BCUT2D eigenvalue weighted by Gasteiger charge is 2.35. The SMILES string of the molecule is CCOc1ccc(C(C(=O)NC(C)(C)CC)N(Cc2ccco2)C(=O)Cn2nnc3ccccc32)cc1. The van der Waals surface area contributed by atoms with Gasteiger partial charge in [-0.15, -0.1) is 5.10 Å². The van der Waals surface area contributed by atoms with E-state index in [2.05, 4.69) is 15.6 Å². The molecule has 0 aliphatic carbocycles. The van der Waals surface area contributed by atoms with E-state index in [0.29, 0.717) is 29.2 Å². The lowest BCUT2D eigenvalue weighted by Gasteiger charge is -2.34. The van der Waals surface area contributed by atoms with E-state index in [9.17, 15) is 9.59 Å². The average molecular weight is 504 g/mol. The van der Waals surface area contributed by atoms with E-state index < -0.39 is 11.6 Å². The first-order valence-electron chi connectivity index (χ1n) is 12.5. The number of ether oxygens (including phenoxy) is 1. The normalized spacial score (nSPS) is 12.3. The van der Waals surface area contributed by atoms with Gasteiger partial charge >= 0.3 is 0 Å². The summed E-state index contributed by atoms with van der Waals surface area (Å²) in [6.45, 7) is 8.39. The number of nitrogens with one attached hydrogen (secondary N) is 1. The molecule has 4 rings (SSSR count). The summed E-state index contributed by atoms with van der Waals surface area (Å²) in [4.78, 5) is 29.2. The molecular weight excluding hydrogens is 470 g/mol. The van der Waals surface area contributed by atoms with Gasteiger partial charge in [-0.2, -0.15) is 0 Å². The Morgan fingerprint density at radius 1 is 1.08 bits per heavy atom. The van der Waals surface area contributed by atoms with Gasteiger partial charge in [0.15, 0.2) is 0 Å². The molecule has 9 nitrogen and oxygen atoms in total. The number of carbonyl (C=O) groups excluding carboxylic acids is 2. The summed E-state index contributed by atoms with van der Waals surface area (Å²) >= 11 is 0. The van der Waals surface area contributed by atoms with Crippen LogP contribution in [0.15, 0.2) is 71.3 Å². The molecule has 0 saturated carbocycles. The number of aromatic nitrogens is 3. The molecule has 1 N–H and O–H groups in total. The van der Waals surface area contributed by atoms with Crippen LogP contribution in [0, 0.1) is 0 Å². The Labute approximate surface area is 216 Å². The second-order valence-corrected chi connectivity index (χ2v) is 9.47. The van der Waals surface area contributed by atoms with E-state index in [0.717, 1.165) is 11.9 Å². The van der Waals surface area contributed by atoms with Crippen molar-refractivity contribution in [3.63, 3.8) is 0 Å². The second kappa shape index (κ2) is 11.3. The molecule has 0 spiro atoms. The first-order valence-corrected chi connectivity index (χ1v) is 12.5. The number of benzene rings is 2. The quantitative estimate of drug-likeness (QED) is 0.323. The summed E-state index contributed by atoms with van der Waals surface area (Å²) in [6, 6.07) is 17.3. The number of para-hydroxylation sites is 1. The molecule has 2 aromatic heterocycles. The third kappa shape index (κ3) is 6.17. The number of carbonyl (C=O) groups is 2. The van der Waals surface area contributed by atoms with Crippen molar-refractivity contribution >= 4 is 22.8 Å². The number of nitrogens with zero attached hydrogens (tertiary/aromatic N) is 4. The van der Waals surface area contributed by atoms with Crippen molar-refractivity contribution in [1.29, 1.82) is 0 Å². The van der Waals surface area contributed by atoms with Crippen LogP contribution in [0.1, 0.15) is 51.5 Å². The molecular formula is C28H33N5O4. The summed E-state index contributed by atoms with van der Waals surface area (Å²) in [5, 5.41) is 11.5. The lowest BCUT2D eigenvalue weighted by Crippen LogP contribution is -2.50. The Bertz CT molecular complexity index is 1330. The topological polar surface area (TPSA) is 102 Å². The maximum Gasteiger partial charge on any atom is 0.247 e. The maximum absolute atomic E-state index is 13.9. The van der Waals surface area contributed by atoms with Crippen LogP contribution < -0.4 is 10.1 Å². The van der Waals surface area contributed by atoms with Crippen LogP contribution in [0.5, 0.6) is 5.75 Å². The van der Waals surface area contributed by atoms with Gasteiger partial charge in [-0.25, -0.2) is 4.68 Å². The lowest BCUT2D eigenvalue weighted by atomic mass is 9.98. The first kappa shape index (κ1) is 25.9. The van der Waals surface area contributed by atoms with Crippen molar-refractivity contribution in [2.75, 3.05) is 6.61 Å². The first-order chi connectivity index (χ1) is 17.8. The van der Waals surface area contributed by atoms with Crippen LogP contribution in [0.25, 0.3) is 11.0 Å². The Morgan fingerprint density at radius 2 is 1.84 bits per heavy atom. The standard InChI is InChI=1S/C28H33N5O4/c1-5-28(3,4)29-27(35)26(20-13-15-21(16-14-20)36-6-2)32(18-22-10-9-17-37-22)25(34)19-33-24-12-8-7-11-23(24)30-31-33/h7-17,26H,5-6,18-19H2,1-4H3,(H,29,35). The van der Waals surface area contributed by atoms with Gasteiger partial charge in [-0.3, -0.25) is 9.59 Å². The minimum absolute atomic E-state index is 0.0841. The molecule has 4 aromatic rings. The van der Waals surface area contributed by atoms with Crippen molar-refractivity contribution in [2.24, 2.45) is 0 Å². The summed E-state index contributed by atoms with van der Waals surface area (Å²) in [6.07, 6.45) is 2.28. The third-order valence-corrected chi connectivity index (χ3v) is 6.34. The van der Waals surface area contributed by atoms with Crippen LogP contribution in [-0.2, 0) is 22.7 Å². The highest BCUT2D eigenvalue weighted by molar-refractivity contribution is 5.89. The van der Waals surface area contributed by atoms with E-state index in [4.69, 9.17) is 9.15 Å². The Hall–Kier alpha value is -4.14. The van der Waals surface area contributed by atoms with E-state index in [-0.39, 0.29) is 24.9 Å². The molecule has 0 radical (unpaired) electrons. The number of fused-ring (bicyclic) bond motifs is 1. The van der Waals surface area contributed by atoms with Gasteiger partial charge in [0, 0.05) is 5.54 Å². The number of amides is 2. The van der Waals surface area contributed by atoms with Gasteiger partial charge in [-0.1, -0.05) is 36.4 Å². The van der Waals surface area contributed by atoms with Crippen molar-refractivity contribution in [3.8, 4) is 5.75 Å². The number of furan rings is 1. The van der Waals surface area contributed by atoms with E-state index in [1.165, 1.54) is 4.90 Å². The largest absolute Gasteiger partial charge is 0.494 e. The monoisotopic (exact) mass is 503 g/mol. The zero-order valence-corrected chi connectivity index (χ0v) is 21.7. The second-order valence-electron chi connectivity index (χ2n) is 9.47. The molecule has 194 valence electrons. The molecule has 1 unspecified atom stereocenters. The van der Waals surface area contributed by atoms with Gasteiger partial charge in [0.2, 0.25) is 11.8 Å². The Balaban J connectivity index is 1.73. The Kier molecular flexibility index (Phi) is 7.91. The summed E-state index contributed by atoms with van der Waals surface area (Å²) < 4.78 is 12.7. The molecule has 9 heteroatoms. The van der Waals surface area contributed by atoms with Crippen LogP contribution in [0.4, 0.5) is 0 Å². The van der Waals surface area contributed by atoms with Gasteiger partial charge in [0.25, 0.3) is 0 Å². The zero-order chi connectivity index (χ0) is 26.4. The van der Waals surface area contributed by atoms with Crippen LogP contribution in [-0.4, -0.2) is 43.9 Å². The van der Waals surface area contributed by atoms with Crippen LogP contribution >= 0.6 is 0 Å². The van der Waals surface area contributed by atoms with E-state index in [1.54, 1.807) is 23.1 Å². The van der Waals surface area contributed by atoms with Gasteiger partial charge in [0.1, 0.15) is 29.6 Å². The van der Waals surface area contributed by atoms with Crippen molar-refractivity contribution in [1.82, 2.24) is 25.2 Å². The van der Waals surface area contributed by atoms with Crippen LogP contribution in [0.2, 0.25) is 0 Å². The molecule has 0 bridgehead atoms. The highest BCUT2D eigenvalue weighted by Crippen LogP contribution is 2.28. The minimum atomic E-state index is -0.908. The summed E-state index contributed by atoms with van der Waals surface area (Å²) in [7, 11) is 0. The van der Waals surface area contributed by atoms with Gasteiger partial charge in [0.05, 0.1) is 24.9 Å². The van der Waals surface area contributed by atoms with Crippen molar-refractivity contribution < 1.29 is 18.7 Å². The smallest absolute Gasteiger partial charge is 0.247 e. The molecule has 0 fully saturated rings. The molecule has 0 aliphatic rings. The van der Waals surface area contributed by atoms with Gasteiger partial charge in [-0.05, 0) is 69.2 Å². The van der Waals surface area contributed by atoms with Crippen molar-refractivity contribution in [2.45, 2.75) is 58.8 Å². The van der Waals surface area contributed by atoms with Crippen LogP contribution in [0.3, 0.4) is 0 Å². The Morgan fingerprint density at radius 3 is 2.51 bits per heavy atom. The zero-order valence-electron chi connectivity index (χ0n) is 21.7. The van der Waals surface area contributed by atoms with Gasteiger partial charge < -0.3 is 19.4 Å². The molecule has 37 heavy (non-hydrogen) atoms. The molecule has 2 amide bonds. The van der Waals surface area contributed by atoms with Crippen molar-refractivity contribution in [3.05, 3.63) is 78.3 Å². The highest BCUT2D eigenvalue weighted by atomic mass is 16.5. The molecule has 2 aromatic carbocycles. The number of hydrogen-bond acceptors (Lipinski definition) is 6. The fourth-order valence-corrected chi connectivity index (χ4v) is 4.02. The number of rotatable bonds is 11. The molecule has 1 atom stereocenters. The maximum atomic E-state index is 13.9. The molecule has 0 saturated heterocycles. The third-order valence-electron chi connectivity index (χ3n) is 6.34. The predicted molar refractivity (Wildman–Crippen MR) is 140 cm³/mol. The summed E-state index contributed by atoms with van der Waals surface area (Å²) in [5.74, 6) is 0.683. The fourth-order valence-electron chi connectivity index (χ4n) is 4.02. The number of hydrogen-bond donors (Lipinski definition) is 1.